The molecule has 7 nitrogen and oxygen atoms in total. The van der Waals surface area contributed by atoms with Crippen LogP contribution in [0.15, 0.2) is 53.4 Å². The number of nitrogens with zero attached hydrogens (tertiary/aromatic N) is 3. The first-order chi connectivity index (χ1) is 14.3. The van der Waals surface area contributed by atoms with Crippen molar-refractivity contribution in [3.05, 3.63) is 69.7 Å². The van der Waals surface area contributed by atoms with E-state index in [9.17, 15) is 13.2 Å². The van der Waals surface area contributed by atoms with E-state index in [0.29, 0.717) is 23.7 Å². The Balaban J connectivity index is 1.54. The van der Waals surface area contributed by atoms with Crippen LogP contribution in [0.5, 0.6) is 0 Å². The van der Waals surface area contributed by atoms with Crippen LogP contribution in [0.1, 0.15) is 44.8 Å². The van der Waals surface area contributed by atoms with Crippen LogP contribution < -0.4 is 5.32 Å². The van der Waals surface area contributed by atoms with Crippen molar-refractivity contribution >= 4 is 33.0 Å². The minimum Gasteiger partial charge on any atom is -0.320 e. The Morgan fingerprint density at radius 2 is 1.67 bits per heavy atom. The minimum atomic E-state index is -3.64. The lowest BCUT2D eigenvalue weighted by Gasteiger charge is -2.22. The summed E-state index contributed by atoms with van der Waals surface area (Å²) in [5, 5.41) is 11.7. The molecule has 30 heavy (non-hydrogen) atoms. The summed E-state index contributed by atoms with van der Waals surface area (Å²) >= 11 is 1.14. The van der Waals surface area contributed by atoms with Crippen molar-refractivity contribution in [2.24, 2.45) is 0 Å². The highest BCUT2D eigenvalue weighted by Crippen LogP contribution is 2.37. The normalized spacial score (nSPS) is 17.2. The lowest BCUT2D eigenvalue weighted by atomic mass is 10.2. The molecule has 1 fully saturated rings. The molecule has 1 amide bonds. The molecule has 1 saturated heterocycles. The van der Waals surface area contributed by atoms with Crippen LogP contribution in [0.2, 0.25) is 0 Å². The summed E-state index contributed by atoms with van der Waals surface area (Å²) in [7, 11) is -3.64. The molecule has 9 heteroatoms. The van der Waals surface area contributed by atoms with E-state index in [2.05, 4.69) is 15.5 Å². The highest BCUT2D eigenvalue weighted by molar-refractivity contribution is 7.89. The van der Waals surface area contributed by atoms with Crippen LogP contribution in [0, 0.1) is 13.8 Å². The fourth-order valence-electron chi connectivity index (χ4n) is 3.40. The van der Waals surface area contributed by atoms with Crippen molar-refractivity contribution in [1.29, 1.82) is 0 Å². The van der Waals surface area contributed by atoms with E-state index in [1.807, 2.05) is 38.1 Å². The Hall–Kier alpha value is -2.62. The van der Waals surface area contributed by atoms with Gasteiger partial charge in [-0.25, -0.2) is 8.42 Å². The molecule has 0 saturated carbocycles. The molecule has 3 aromatic rings. The van der Waals surface area contributed by atoms with Crippen LogP contribution in [0.4, 0.5) is 5.69 Å². The SMILES string of the molecule is Cc1ccc(NC(=O)c2nnc([C@@H]3CCCN3S(=O)(=O)c3ccc(C)cc3)s2)cc1. The lowest BCUT2D eigenvalue weighted by molar-refractivity contribution is 0.102. The fourth-order valence-corrected chi connectivity index (χ4v) is 6.02. The van der Waals surface area contributed by atoms with Crippen molar-refractivity contribution in [3.63, 3.8) is 0 Å². The van der Waals surface area contributed by atoms with E-state index in [1.165, 1.54) is 4.31 Å². The highest BCUT2D eigenvalue weighted by Gasteiger charge is 2.38. The molecule has 1 aliphatic rings. The summed E-state index contributed by atoms with van der Waals surface area (Å²) in [5.41, 5.74) is 2.77. The second-order valence-corrected chi connectivity index (χ2v) is 10.3. The maximum Gasteiger partial charge on any atom is 0.286 e. The second-order valence-electron chi connectivity index (χ2n) is 7.35. The molecule has 156 valence electrons. The Kier molecular flexibility index (Phi) is 5.68. The van der Waals surface area contributed by atoms with Crippen LogP contribution in [0.25, 0.3) is 0 Å². The lowest BCUT2D eigenvalue weighted by Crippen LogP contribution is -2.30. The number of anilines is 1. The van der Waals surface area contributed by atoms with E-state index in [1.54, 1.807) is 24.3 Å². The van der Waals surface area contributed by atoms with Gasteiger partial charge in [0.05, 0.1) is 10.9 Å². The van der Waals surface area contributed by atoms with E-state index < -0.39 is 16.1 Å². The number of carbonyl (C=O) groups excluding carboxylic acids is 1. The Labute approximate surface area is 179 Å². The Morgan fingerprint density at radius 1 is 1.03 bits per heavy atom. The molecule has 2 aromatic carbocycles. The molecule has 1 atom stereocenters. The first kappa shape index (κ1) is 20.6. The van der Waals surface area contributed by atoms with Crippen molar-refractivity contribution in [3.8, 4) is 0 Å². The third-order valence-corrected chi connectivity index (χ3v) is 8.01. The van der Waals surface area contributed by atoms with Crippen LogP contribution in [0.3, 0.4) is 0 Å². The maximum absolute atomic E-state index is 13.1. The molecular weight excluding hydrogens is 420 g/mol. The number of carbonyl (C=O) groups is 1. The van der Waals surface area contributed by atoms with Gasteiger partial charge in [0.25, 0.3) is 5.91 Å². The van der Waals surface area contributed by atoms with Gasteiger partial charge >= 0.3 is 0 Å². The van der Waals surface area contributed by atoms with E-state index in [4.69, 9.17) is 0 Å². The quantitative estimate of drug-likeness (QED) is 0.646. The van der Waals surface area contributed by atoms with Gasteiger partial charge in [-0.3, -0.25) is 4.79 Å². The third kappa shape index (κ3) is 4.14. The topological polar surface area (TPSA) is 92.3 Å². The molecule has 1 aliphatic heterocycles. The van der Waals surface area contributed by atoms with Crippen LogP contribution in [-0.2, 0) is 10.0 Å². The minimum absolute atomic E-state index is 0.213. The van der Waals surface area contributed by atoms with E-state index >= 15 is 0 Å². The van der Waals surface area contributed by atoms with Gasteiger partial charge in [-0.2, -0.15) is 4.31 Å². The number of benzene rings is 2. The average molecular weight is 443 g/mol. The zero-order valence-electron chi connectivity index (χ0n) is 16.7. The number of hydrogen-bond donors (Lipinski definition) is 1. The fraction of sp³-hybridized carbons (Fsp3) is 0.286. The van der Waals surface area contributed by atoms with Gasteiger partial charge in [0.15, 0.2) is 0 Å². The van der Waals surface area contributed by atoms with Gasteiger partial charge in [-0.05, 0) is 51.0 Å². The molecule has 0 bridgehead atoms. The summed E-state index contributed by atoms with van der Waals surface area (Å²) in [6, 6.07) is 13.9. The number of hydrogen-bond acceptors (Lipinski definition) is 6. The summed E-state index contributed by atoms with van der Waals surface area (Å²) in [6.07, 6.45) is 1.39. The first-order valence-corrected chi connectivity index (χ1v) is 11.9. The van der Waals surface area contributed by atoms with Crippen molar-refractivity contribution in [2.75, 3.05) is 11.9 Å². The summed E-state index contributed by atoms with van der Waals surface area (Å²) in [5.74, 6) is -0.353. The van der Waals surface area contributed by atoms with Crippen molar-refractivity contribution < 1.29 is 13.2 Å². The predicted molar refractivity (Wildman–Crippen MR) is 116 cm³/mol. The molecule has 0 aliphatic carbocycles. The standard InChI is InChI=1S/C21H22N4O3S2/c1-14-5-9-16(10-6-14)22-19(26)21-24-23-20(29-21)18-4-3-13-25(18)30(27,28)17-11-7-15(2)8-12-17/h5-12,18H,3-4,13H2,1-2H3,(H,22,26)/t18-/m0/s1. The summed E-state index contributed by atoms with van der Waals surface area (Å²) in [6.45, 7) is 4.31. The Morgan fingerprint density at radius 3 is 2.33 bits per heavy atom. The molecule has 2 heterocycles. The molecule has 4 rings (SSSR count). The first-order valence-electron chi connectivity index (χ1n) is 9.64. The van der Waals surface area contributed by atoms with E-state index in [0.717, 1.165) is 28.9 Å². The van der Waals surface area contributed by atoms with Crippen molar-refractivity contribution in [2.45, 2.75) is 37.6 Å². The van der Waals surface area contributed by atoms with Crippen molar-refractivity contribution in [1.82, 2.24) is 14.5 Å². The highest BCUT2D eigenvalue weighted by atomic mass is 32.2. The molecule has 0 radical (unpaired) electrons. The van der Waals surface area contributed by atoms with Gasteiger partial charge in [0.2, 0.25) is 15.0 Å². The second kappa shape index (κ2) is 8.25. The van der Waals surface area contributed by atoms with Crippen LogP contribution >= 0.6 is 11.3 Å². The molecule has 0 spiro atoms. The number of nitrogens with one attached hydrogen (secondary N) is 1. The van der Waals surface area contributed by atoms with Gasteiger partial charge < -0.3 is 5.32 Å². The molecular formula is C21H22N4O3S2. The number of aryl methyl sites for hydroxylation is 2. The monoisotopic (exact) mass is 442 g/mol. The summed E-state index contributed by atoms with van der Waals surface area (Å²) in [4.78, 5) is 12.8. The van der Waals surface area contributed by atoms with Crippen LogP contribution in [-0.4, -0.2) is 35.4 Å². The summed E-state index contributed by atoms with van der Waals surface area (Å²) < 4.78 is 27.8. The molecule has 1 N–H and O–H groups in total. The number of aromatic nitrogens is 2. The van der Waals surface area contributed by atoms with Gasteiger partial charge in [-0.15, -0.1) is 10.2 Å². The maximum atomic E-state index is 13.1. The zero-order chi connectivity index (χ0) is 21.3. The van der Waals surface area contributed by atoms with E-state index in [-0.39, 0.29) is 15.8 Å². The van der Waals surface area contributed by atoms with Gasteiger partial charge in [-0.1, -0.05) is 46.7 Å². The zero-order valence-corrected chi connectivity index (χ0v) is 18.3. The smallest absolute Gasteiger partial charge is 0.286 e. The third-order valence-electron chi connectivity index (χ3n) is 5.06. The largest absolute Gasteiger partial charge is 0.320 e. The van der Waals surface area contributed by atoms with Gasteiger partial charge in [0, 0.05) is 12.2 Å². The average Bonchev–Trinajstić information content (AvgIpc) is 3.40. The molecule has 0 unspecified atom stereocenters. The number of sulfonamides is 1. The Bertz CT molecular complexity index is 1160. The predicted octanol–water partition coefficient (Wildman–Crippen LogP) is 3.93. The molecule has 1 aromatic heterocycles. The number of amides is 1. The number of rotatable bonds is 5. The van der Waals surface area contributed by atoms with Gasteiger partial charge in [0.1, 0.15) is 5.01 Å².